The molecule has 0 aromatic carbocycles. The van der Waals surface area contributed by atoms with Crippen molar-refractivity contribution in [3.05, 3.63) is 12.3 Å². The van der Waals surface area contributed by atoms with Crippen LogP contribution in [0.25, 0.3) is 0 Å². The second-order valence-electron chi connectivity index (χ2n) is 3.62. The third kappa shape index (κ3) is 4.02. The summed E-state index contributed by atoms with van der Waals surface area (Å²) in [5, 5.41) is 15.3. The molecule has 0 aliphatic rings. The van der Waals surface area contributed by atoms with Gasteiger partial charge in [-0.1, -0.05) is 13.8 Å². The first-order valence-electron chi connectivity index (χ1n) is 5.74. The zero-order valence-corrected chi connectivity index (χ0v) is 9.90. The van der Waals surface area contributed by atoms with Gasteiger partial charge in [0.2, 0.25) is 5.95 Å². The molecule has 3 N–H and O–H groups in total. The van der Waals surface area contributed by atoms with Crippen LogP contribution in [-0.2, 0) is 0 Å². The second-order valence-corrected chi connectivity index (χ2v) is 3.62. The molecule has 1 aromatic rings. The molecule has 5 nitrogen and oxygen atoms in total. The number of aromatic nitrogens is 2. The van der Waals surface area contributed by atoms with Crippen LogP contribution in [0, 0.1) is 0 Å². The molecular weight excluding hydrogens is 204 g/mol. The number of aliphatic hydroxyl groups is 1. The molecule has 5 heteroatoms. The van der Waals surface area contributed by atoms with Crippen LogP contribution in [0.1, 0.15) is 26.7 Å². The van der Waals surface area contributed by atoms with Gasteiger partial charge in [0.05, 0.1) is 12.6 Å². The van der Waals surface area contributed by atoms with Crippen molar-refractivity contribution in [1.29, 1.82) is 0 Å². The number of anilines is 2. The van der Waals surface area contributed by atoms with Crippen molar-refractivity contribution >= 4 is 11.8 Å². The van der Waals surface area contributed by atoms with Gasteiger partial charge in [0, 0.05) is 12.7 Å². The lowest BCUT2D eigenvalue weighted by Crippen LogP contribution is -2.23. The molecular formula is C11H20N4O. The maximum atomic E-state index is 9.08. The summed E-state index contributed by atoms with van der Waals surface area (Å²) in [7, 11) is 0. The largest absolute Gasteiger partial charge is 0.394 e. The van der Waals surface area contributed by atoms with Gasteiger partial charge in [0.15, 0.2) is 0 Å². The zero-order valence-electron chi connectivity index (χ0n) is 9.90. The van der Waals surface area contributed by atoms with E-state index < -0.39 is 0 Å². The molecule has 0 fully saturated rings. The summed E-state index contributed by atoms with van der Waals surface area (Å²) in [5.41, 5.74) is 0. The van der Waals surface area contributed by atoms with E-state index in [2.05, 4.69) is 27.5 Å². The molecule has 1 heterocycles. The molecule has 1 rings (SSSR count). The fourth-order valence-corrected chi connectivity index (χ4v) is 1.25. The summed E-state index contributed by atoms with van der Waals surface area (Å²) in [6.07, 6.45) is 3.60. The van der Waals surface area contributed by atoms with Crippen LogP contribution in [0.5, 0.6) is 0 Å². The number of rotatable bonds is 7. The molecule has 1 aromatic heterocycles. The van der Waals surface area contributed by atoms with Crippen LogP contribution in [0.3, 0.4) is 0 Å². The minimum atomic E-state index is 0.0499. The van der Waals surface area contributed by atoms with Gasteiger partial charge in [-0.25, -0.2) is 4.98 Å². The number of hydrogen-bond acceptors (Lipinski definition) is 5. The van der Waals surface area contributed by atoms with Crippen LogP contribution >= 0.6 is 0 Å². The molecule has 0 radical (unpaired) electrons. The standard InChI is InChI=1S/C11H20N4O/c1-3-6-12-11-13-7-5-10(15-11)14-9(4-2)8-16/h5,7,9,16H,3-4,6,8H2,1-2H3,(H2,12,13,14,15). The third-order valence-corrected chi connectivity index (χ3v) is 2.25. The van der Waals surface area contributed by atoms with Crippen LogP contribution in [0.4, 0.5) is 11.8 Å². The summed E-state index contributed by atoms with van der Waals surface area (Å²) < 4.78 is 0. The van der Waals surface area contributed by atoms with Gasteiger partial charge < -0.3 is 15.7 Å². The number of aliphatic hydroxyl groups excluding tert-OH is 1. The Bertz CT molecular complexity index is 302. The van der Waals surface area contributed by atoms with Crippen LogP contribution in [-0.4, -0.2) is 34.3 Å². The summed E-state index contributed by atoms with van der Waals surface area (Å²) in [4.78, 5) is 8.41. The van der Waals surface area contributed by atoms with Gasteiger partial charge in [-0.3, -0.25) is 0 Å². The van der Waals surface area contributed by atoms with Crippen molar-refractivity contribution in [3.8, 4) is 0 Å². The van der Waals surface area contributed by atoms with E-state index in [4.69, 9.17) is 5.11 Å². The Morgan fingerprint density at radius 1 is 1.44 bits per heavy atom. The summed E-state index contributed by atoms with van der Waals surface area (Å²) in [6, 6.07) is 1.85. The SMILES string of the molecule is CCCNc1nccc(NC(CC)CO)n1. The first-order chi connectivity index (χ1) is 7.80. The minimum Gasteiger partial charge on any atom is -0.394 e. The Kier molecular flexibility index (Phi) is 5.56. The van der Waals surface area contributed by atoms with Gasteiger partial charge in [0.1, 0.15) is 5.82 Å². The molecule has 0 aliphatic heterocycles. The van der Waals surface area contributed by atoms with Gasteiger partial charge in [0.25, 0.3) is 0 Å². The van der Waals surface area contributed by atoms with Crippen LogP contribution in [0.15, 0.2) is 12.3 Å². The van der Waals surface area contributed by atoms with Gasteiger partial charge >= 0.3 is 0 Å². The lowest BCUT2D eigenvalue weighted by Gasteiger charge is -2.14. The van der Waals surface area contributed by atoms with Crippen molar-refractivity contribution in [1.82, 2.24) is 9.97 Å². The van der Waals surface area contributed by atoms with Crippen LogP contribution < -0.4 is 10.6 Å². The number of nitrogens with one attached hydrogen (secondary N) is 2. The normalized spacial score (nSPS) is 12.2. The fourth-order valence-electron chi connectivity index (χ4n) is 1.25. The molecule has 1 atom stereocenters. The fraction of sp³-hybridized carbons (Fsp3) is 0.636. The molecule has 1 unspecified atom stereocenters. The maximum Gasteiger partial charge on any atom is 0.224 e. The minimum absolute atomic E-state index is 0.0499. The third-order valence-electron chi connectivity index (χ3n) is 2.25. The topological polar surface area (TPSA) is 70.1 Å². The smallest absolute Gasteiger partial charge is 0.224 e. The average Bonchev–Trinajstić information content (AvgIpc) is 2.34. The van der Waals surface area contributed by atoms with Crippen molar-refractivity contribution in [2.45, 2.75) is 32.7 Å². The van der Waals surface area contributed by atoms with E-state index in [0.29, 0.717) is 5.95 Å². The molecule has 0 spiro atoms. The highest BCUT2D eigenvalue weighted by Gasteiger charge is 2.05. The van der Waals surface area contributed by atoms with Crippen molar-refractivity contribution in [2.24, 2.45) is 0 Å². The lowest BCUT2D eigenvalue weighted by molar-refractivity contribution is 0.271. The van der Waals surface area contributed by atoms with Crippen molar-refractivity contribution in [2.75, 3.05) is 23.8 Å². The highest BCUT2D eigenvalue weighted by atomic mass is 16.3. The molecule has 0 saturated carbocycles. The predicted molar refractivity (Wildman–Crippen MR) is 65.6 cm³/mol. The first-order valence-corrected chi connectivity index (χ1v) is 5.74. The monoisotopic (exact) mass is 224 g/mol. The number of nitrogens with zero attached hydrogens (tertiary/aromatic N) is 2. The quantitative estimate of drug-likeness (QED) is 0.654. The molecule has 0 saturated heterocycles. The van der Waals surface area contributed by atoms with Gasteiger partial charge in [-0.2, -0.15) is 4.98 Å². The Hall–Kier alpha value is -1.36. The van der Waals surface area contributed by atoms with Gasteiger partial charge in [-0.05, 0) is 18.9 Å². The average molecular weight is 224 g/mol. The van der Waals surface area contributed by atoms with E-state index in [0.717, 1.165) is 25.2 Å². The molecule has 0 aliphatic carbocycles. The Morgan fingerprint density at radius 2 is 2.25 bits per heavy atom. The Morgan fingerprint density at radius 3 is 2.88 bits per heavy atom. The highest BCUT2D eigenvalue weighted by molar-refractivity contribution is 5.40. The molecule has 16 heavy (non-hydrogen) atoms. The maximum absolute atomic E-state index is 9.08. The second kappa shape index (κ2) is 7.00. The number of hydrogen-bond donors (Lipinski definition) is 3. The molecule has 0 bridgehead atoms. The van der Waals surface area contributed by atoms with E-state index in [-0.39, 0.29) is 12.6 Å². The Balaban J connectivity index is 2.59. The lowest BCUT2D eigenvalue weighted by atomic mass is 10.2. The van der Waals surface area contributed by atoms with E-state index in [1.807, 2.05) is 6.92 Å². The van der Waals surface area contributed by atoms with Crippen LogP contribution in [0.2, 0.25) is 0 Å². The van der Waals surface area contributed by atoms with E-state index in [9.17, 15) is 0 Å². The highest BCUT2D eigenvalue weighted by Crippen LogP contribution is 2.08. The summed E-state index contributed by atoms with van der Waals surface area (Å²) >= 11 is 0. The van der Waals surface area contributed by atoms with Crippen molar-refractivity contribution in [3.63, 3.8) is 0 Å². The molecule has 90 valence electrons. The molecule has 0 amide bonds. The Labute approximate surface area is 96.3 Å². The van der Waals surface area contributed by atoms with E-state index in [1.165, 1.54) is 0 Å². The first kappa shape index (κ1) is 12.7. The predicted octanol–water partition coefficient (Wildman–Crippen LogP) is 1.48. The summed E-state index contributed by atoms with van der Waals surface area (Å²) in [6.45, 7) is 5.08. The van der Waals surface area contributed by atoms with Gasteiger partial charge in [-0.15, -0.1) is 0 Å². The van der Waals surface area contributed by atoms with E-state index >= 15 is 0 Å². The van der Waals surface area contributed by atoms with Crippen molar-refractivity contribution < 1.29 is 5.11 Å². The summed E-state index contributed by atoms with van der Waals surface area (Å²) in [5.74, 6) is 1.37. The van der Waals surface area contributed by atoms with E-state index in [1.54, 1.807) is 12.3 Å². The zero-order chi connectivity index (χ0) is 11.8.